The van der Waals surface area contributed by atoms with Crippen LogP contribution in [-0.2, 0) is 19.0 Å². The Hall–Kier alpha value is -3.71. The first-order chi connectivity index (χ1) is 18.5. The van der Waals surface area contributed by atoms with Gasteiger partial charge in [-0.25, -0.2) is 9.69 Å². The van der Waals surface area contributed by atoms with Crippen molar-refractivity contribution in [2.75, 3.05) is 31.2 Å². The molecule has 0 bridgehead atoms. The number of rotatable bonds is 5. The molecule has 3 heterocycles. The second-order valence-corrected chi connectivity index (χ2v) is 10.6. The van der Waals surface area contributed by atoms with Crippen LogP contribution in [0.4, 0.5) is 16.2 Å². The first-order valence-corrected chi connectivity index (χ1v) is 12.6. The molecule has 0 radical (unpaired) electrons. The first kappa shape index (κ1) is 26.9. The number of nitrogens with zero attached hydrogens (tertiary/aromatic N) is 2. The molecule has 2 atom stereocenters. The SMILES string of the molecule is CC(C)(C)OC(=O)N1c2ccccc2Oc2cc(C(=O)NCC(O)N3CC4(C[C@H]3C(=O)O)OCCO4)ccc21. The Morgan fingerprint density at radius 3 is 2.49 bits per heavy atom. The summed E-state index contributed by atoms with van der Waals surface area (Å²) in [6.45, 7) is 5.85. The number of ether oxygens (including phenoxy) is 4. The average Bonchev–Trinajstić information content (AvgIpc) is 3.51. The van der Waals surface area contributed by atoms with Crippen LogP contribution in [0.1, 0.15) is 37.6 Å². The van der Waals surface area contributed by atoms with Gasteiger partial charge >= 0.3 is 12.1 Å². The molecule has 0 aromatic heterocycles. The molecule has 3 aliphatic heterocycles. The molecular weight excluding hydrogens is 510 g/mol. The van der Waals surface area contributed by atoms with Gasteiger partial charge in [0.1, 0.15) is 17.9 Å². The van der Waals surface area contributed by atoms with E-state index in [0.717, 1.165) is 0 Å². The predicted molar refractivity (Wildman–Crippen MR) is 137 cm³/mol. The van der Waals surface area contributed by atoms with Gasteiger partial charge in [-0.2, -0.15) is 0 Å². The van der Waals surface area contributed by atoms with Gasteiger partial charge in [0.25, 0.3) is 5.91 Å². The summed E-state index contributed by atoms with van der Waals surface area (Å²) >= 11 is 0. The van der Waals surface area contributed by atoms with Crippen LogP contribution in [0.3, 0.4) is 0 Å². The van der Waals surface area contributed by atoms with Crippen molar-refractivity contribution in [3.63, 3.8) is 0 Å². The Balaban J connectivity index is 1.31. The molecule has 1 unspecified atom stereocenters. The van der Waals surface area contributed by atoms with E-state index in [1.54, 1.807) is 51.1 Å². The lowest BCUT2D eigenvalue weighted by atomic mass is 10.1. The van der Waals surface area contributed by atoms with Crippen LogP contribution in [0, 0.1) is 0 Å². The zero-order valence-corrected chi connectivity index (χ0v) is 21.9. The molecule has 2 aromatic carbocycles. The topological polar surface area (TPSA) is 147 Å². The zero-order valence-electron chi connectivity index (χ0n) is 21.9. The molecule has 3 aliphatic rings. The Labute approximate surface area is 225 Å². The second kappa shape index (κ2) is 10.1. The predicted octanol–water partition coefficient (Wildman–Crippen LogP) is 2.82. The molecule has 2 saturated heterocycles. The van der Waals surface area contributed by atoms with Gasteiger partial charge in [0.05, 0.1) is 37.7 Å². The number of aliphatic hydroxyl groups is 1. The van der Waals surface area contributed by atoms with Gasteiger partial charge in [0.15, 0.2) is 17.3 Å². The number of aliphatic hydroxyl groups excluding tert-OH is 1. The van der Waals surface area contributed by atoms with E-state index in [9.17, 15) is 24.6 Å². The number of fused-ring (bicyclic) bond motifs is 2. The summed E-state index contributed by atoms with van der Waals surface area (Å²) in [5, 5.41) is 23.0. The summed E-state index contributed by atoms with van der Waals surface area (Å²) in [5.74, 6) is -2.01. The molecule has 2 amide bonds. The van der Waals surface area contributed by atoms with Gasteiger partial charge < -0.3 is 34.5 Å². The lowest BCUT2D eigenvalue weighted by Crippen LogP contribution is -2.49. The number of carboxylic acid groups (broad SMARTS) is 1. The third-order valence-electron chi connectivity index (χ3n) is 6.62. The molecular formula is C27H31N3O9. The fraction of sp³-hybridized carbons (Fsp3) is 0.444. The fourth-order valence-electron chi connectivity index (χ4n) is 4.92. The van der Waals surface area contributed by atoms with Crippen LogP contribution < -0.4 is 15.0 Å². The Bertz CT molecular complexity index is 1290. The van der Waals surface area contributed by atoms with Crippen LogP contribution in [0.25, 0.3) is 0 Å². The lowest BCUT2D eigenvalue weighted by molar-refractivity contribution is -0.152. The van der Waals surface area contributed by atoms with Gasteiger partial charge in [0, 0.05) is 12.0 Å². The number of likely N-dealkylation sites (tertiary alicyclic amines) is 1. The highest BCUT2D eigenvalue weighted by Crippen LogP contribution is 2.47. The third-order valence-corrected chi connectivity index (χ3v) is 6.62. The number of carbonyl (C=O) groups is 3. The maximum absolute atomic E-state index is 13.1. The van der Waals surface area contributed by atoms with E-state index < -0.39 is 41.6 Å². The van der Waals surface area contributed by atoms with E-state index in [1.807, 2.05) is 0 Å². The minimum Gasteiger partial charge on any atom is -0.480 e. The monoisotopic (exact) mass is 541 g/mol. The highest BCUT2D eigenvalue weighted by Gasteiger charge is 2.52. The number of carboxylic acids is 1. The molecule has 12 heteroatoms. The third kappa shape index (κ3) is 5.41. The number of nitrogens with one attached hydrogen (secondary N) is 1. The number of benzene rings is 2. The van der Waals surface area contributed by atoms with Crippen LogP contribution >= 0.6 is 0 Å². The number of hydrogen-bond acceptors (Lipinski definition) is 9. The Morgan fingerprint density at radius 1 is 1.10 bits per heavy atom. The minimum absolute atomic E-state index is 0.0631. The van der Waals surface area contributed by atoms with Gasteiger partial charge in [-0.3, -0.25) is 14.5 Å². The Morgan fingerprint density at radius 2 is 1.79 bits per heavy atom. The van der Waals surface area contributed by atoms with Crippen molar-refractivity contribution < 1.29 is 43.5 Å². The van der Waals surface area contributed by atoms with Crippen LogP contribution in [0.15, 0.2) is 42.5 Å². The summed E-state index contributed by atoms with van der Waals surface area (Å²) in [6.07, 6.45) is -1.80. The fourth-order valence-corrected chi connectivity index (χ4v) is 4.92. The molecule has 2 aromatic rings. The van der Waals surface area contributed by atoms with Gasteiger partial charge in [-0.15, -0.1) is 0 Å². The van der Waals surface area contributed by atoms with Crippen LogP contribution in [0.5, 0.6) is 11.5 Å². The number of hydrogen-bond donors (Lipinski definition) is 3. The van der Waals surface area contributed by atoms with E-state index in [4.69, 9.17) is 18.9 Å². The quantitative estimate of drug-likeness (QED) is 0.516. The number of aliphatic carboxylic acids is 1. The Kier molecular flexibility index (Phi) is 6.97. The summed E-state index contributed by atoms with van der Waals surface area (Å²) in [4.78, 5) is 40.6. The van der Waals surface area contributed by atoms with E-state index in [-0.39, 0.29) is 30.8 Å². The maximum Gasteiger partial charge on any atom is 0.419 e. The number of anilines is 2. The normalized spacial score (nSPS) is 20.6. The number of carbonyl (C=O) groups excluding carboxylic acids is 2. The standard InChI is InChI=1S/C27H31N3O9/c1-26(2,3)39-25(35)30-17-6-4-5-7-20(17)38-21-12-16(8-9-18(21)30)23(32)28-14-22(31)29-15-27(36-10-11-37-27)13-19(29)24(33)34/h4-9,12,19,22,31H,10-11,13-15H2,1-3H3,(H,28,32)(H,33,34)/t19-,22?/m0/s1. The van der Waals surface area contributed by atoms with Crippen molar-refractivity contribution in [2.45, 2.75) is 50.8 Å². The van der Waals surface area contributed by atoms with Gasteiger partial charge in [-0.1, -0.05) is 12.1 Å². The maximum atomic E-state index is 13.1. The molecule has 5 rings (SSSR count). The van der Waals surface area contributed by atoms with Crippen LogP contribution in [-0.4, -0.2) is 83.0 Å². The van der Waals surface area contributed by atoms with Gasteiger partial charge in [-0.05, 0) is 51.1 Å². The smallest absolute Gasteiger partial charge is 0.419 e. The van der Waals surface area contributed by atoms with Crippen molar-refractivity contribution in [3.05, 3.63) is 48.0 Å². The summed E-state index contributed by atoms with van der Waals surface area (Å²) in [6, 6.07) is 10.6. The molecule has 0 saturated carbocycles. The first-order valence-electron chi connectivity index (χ1n) is 12.6. The average molecular weight is 542 g/mol. The highest BCUT2D eigenvalue weighted by atomic mass is 16.7. The van der Waals surface area contributed by atoms with Crippen molar-refractivity contribution in [2.24, 2.45) is 0 Å². The molecule has 39 heavy (non-hydrogen) atoms. The molecule has 208 valence electrons. The molecule has 2 fully saturated rings. The van der Waals surface area contributed by atoms with Crippen molar-refractivity contribution >= 4 is 29.3 Å². The van der Waals surface area contributed by atoms with Crippen molar-refractivity contribution in [3.8, 4) is 11.5 Å². The summed E-state index contributed by atoms with van der Waals surface area (Å²) in [5.41, 5.74) is 0.407. The molecule has 3 N–H and O–H groups in total. The highest BCUT2D eigenvalue weighted by molar-refractivity contribution is 6.02. The van der Waals surface area contributed by atoms with Crippen molar-refractivity contribution in [1.29, 1.82) is 0 Å². The summed E-state index contributed by atoms with van der Waals surface area (Å²) in [7, 11) is 0. The van der Waals surface area contributed by atoms with E-state index in [1.165, 1.54) is 21.9 Å². The zero-order chi connectivity index (χ0) is 27.9. The molecule has 0 aliphatic carbocycles. The number of amides is 2. The minimum atomic E-state index is -1.29. The molecule has 1 spiro atoms. The second-order valence-electron chi connectivity index (χ2n) is 10.6. The van der Waals surface area contributed by atoms with E-state index in [2.05, 4.69) is 5.32 Å². The molecule has 12 nitrogen and oxygen atoms in total. The van der Waals surface area contributed by atoms with E-state index in [0.29, 0.717) is 30.3 Å². The van der Waals surface area contributed by atoms with Crippen LogP contribution in [0.2, 0.25) is 0 Å². The largest absolute Gasteiger partial charge is 0.480 e. The van der Waals surface area contributed by atoms with Crippen molar-refractivity contribution in [1.82, 2.24) is 10.2 Å². The van der Waals surface area contributed by atoms with Gasteiger partial charge in [0.2, 0.25) is 0 Å². The summed E-state index contributed by atoms with van der Waals surface area (Å²) < 4.78 is 22.8. The number of para-hydroxylation sites is 2. The lowest BCUT2D eigenvalue weighted by Gasteiger charge is -2.32. The van der Waals surface area contributed by atoms with E-state index >= 15 is 0 Å².